The van der Waals surface area contributed by atoms with Gasteiger partial charge in [0.1, 0.15) is 17.4 Å². The number of nitrogens with two attached hydrogens (primary N) is 1. The first-order valence-electron chi connectivity index (χ1n) is 6.00. The van der Waals surface area contributed by atoms with E-state index in [2.05, 4.69) is 0 Å². The van der Waals surface area contributed by atoms with Crippen LogP contribution in [0, 0.1) is 11.6 Å². The Morgan fingerprint density at radius 3 is 2.30 bits per heavy atom. The maximum atomic E-state index is 14.1. The van der Waals surface area contributed by atoms with Gasteiger partial charge in [0.05, 0.1) is 13.2 Å². The monoisotopic (exact) mass is 295 g/mol. The van der Waals surface area contributed by atoms with E-state index in [0.717, 1.165) is 17.0 Å². The first-order chi connectivity index (χ1) is 9.58. The summed E-state index contributed by atoms with van der Waals surface area (Å²) in [5.41, 5.74) is 6.60. The SMILES string of the molecule is COc1cc(F)c(C(N)c2ccccc2SC)c(F)c1. The number of hydrogen-bond donors (Lipinski definition) is 1. The highest BCUT2D eigenvalue weighted by molar-refractivity contribution is 7.98. The molecule has 0 aliphatic carbocycles. The normalized spacial score (nSPS) is 12.2. The van der Waals surface area contributed by atoms with Crippen LogP contribution in [0.4, 0.5) is 8.78 Å². The summed E-state index contributed by atoms with van der Waals surface area (Å²) in [5, 5.41) is 0. The zero-order valence-corrected chi connectivity index (χ0v) is 12.0. The van der Waals surface area contributed by atoms with E-state index in [1.165, 1.54) is 18.9 Å². The molecule has 0 amide bonds. The highest BCUT2D eigenvalue weighted by atomic mass is 32.2. The molecule has 106 valence electrons. The molecular formula is C15H15F2NOS. The van der Waals surface area contributed by atoms with Crippen LogP contribution in [0.25, 0.3) is 0 Å². The molecular weight excluding hydrogens is 280 g/mol. The van der Waals surface area contributed by atoms with Crippen LogP contribution in [0.2, 0.25) is 0 Å². The zero-order valence-electron chi connectivity index (χ0n) is 11.2. The van der Waals surface area contributed by atoms with E-state index in [0.29, 0.717) is 5.56 Å². The van der Waals surface area contributed by atoms with Gasteiger partial charge in [-0.1, -0.05) is 18.2 Å². The third-order valence-electron chi connectivity index (χ3n) is 3.07. The number of thioether (sulfide) groups is 1. The molecule has 0 aliphatic heterocycles. The molecule has 0 aliphatic rings. The van der Waals surface area contributed by atoms with E-state index in [9.17, 15) is 8.78 Å². The number of rotatable bonds is 4. The van der Waals surface area contributed by atoms with Gasteiger partial charge in [-0.15, -0.1) is 11.8 Å². The summed E-state index contributed by atoms with van der Waals surface area (Å²) in [7, 11) is 1.36. The van der Waals surface area contributed by atoms with Crippen molar-refractivity contribution in [1.82, 2.24) is 0 Å². The molecule has 1 unspecified atom stereocenters. The Labute approximate surface area is 120 Å². The second-order valence-electron chi connectivity index (χ2n) is 4.22. The van der Waals surface area contributed by atoms with Crippen LogP contribution in [-0.4, -0.2) is 13.4 Å². The van der Waals surface area contributed by atoms with Gasteiger partial charge in [0.2, 0.25) is 0 Å². The van der Waals surface area contributed by atoms with Crippen molar-refractivity contribution in [2.75, 3.05) is 13.4 Å². The molecule has 0 fully saturated rings. The molecule has 2 aromatic rings. The second-order valence-corrected chi connectivity index (χ2v) is 5.07. The molecule has 5 heteroatoms. The molecule has 20 heavy (non-hydrogen) atoms. The van der Waals surface area contributed by atoms with Crippen LogP contribution >= 0.6 is 11.8 Å². The van der Waals surface area contributed by atoms with Gasteiger partial charge in [-0.05, 0) is 17.9 Å². The van der Waals surface area contributed by atoms with Crippen molar-refractivity contribution in [2.45, 2.75) is 10.9 Å². The summed E-state index contributed by atoms with van der Waals surface area (Å²) < 4.78 is 33.0. The molecule has 0 heterocycles. The molecule has 2 N–H and O–H groups in total. The van der Waals surface area contributed by atoms with E-state index in [1.54, 1.807) is 12.1 Å². The van der Waals surface area contributed by atoms with Crippen LogP contribution in [0.1, 0.15) is 17.2 Å². The van der Waals surface area contributed by atoms with Gasteiger partial charge >= 0.3 is 0 Å². The van der Waals surface area contributed by atoms with Gasteiger partial charge in [0.15, 0.2) is 0 Å². The fourth-order valence-electron chi connectivity index (χ4n) is 2.05. The molecule has 1 atom stereocenters. The number of hydrogen-bond acceptors (Lipinski definition) is 3. The lowest BCUT2D eigenvalue weighted by Gasteiger charge is -2.17. The largest absolute Gasteiger partial charge is 0.497 e. The Bertz CT molecular complexity index is 596. The maximum absolute atomic E-state index is 14.1. The molecule has 0 aromatic heterocycles. The van der Waals surface area contributed by atoms with E-state index in [-0.39, 0.29) is 11.3 Å². The fraction of sp³-hybridized carbons (Fsp3) is 0.200. The zero-order chi connectivity index (χ0) is 14.7. The summed E-state index contributed by atoms with van der Waals surface area (Å²) in [6, 6.07) is 8.74. The Hall–Kier alpha value is -1.59. The minimum absolute atomic E-state index is 0.133. The summed E-state index contributed by atoms with van der Waals surface area (Å²) in [5.74, 6) is -1.27. The van der Waals surface area contributed by atoms with Gasteiger partial charge in [-0.2, -0.15) is 0 Å². The summed E-state index contributed by atoms with van der Waals surface area (Å²) in [6.45, 7) is 0. The number of halogens is 2. The third kappa shape index (κ3) is 2.78. The third-order valence-corrected chi connectivity index (χ3v) is 3.88. The van der Waals surface area contributed by atoms with E-state index < -0.39 is 17.7 Å². The molecule has 2 aromatic carbocycles. The summed E-state index contributed by atoms with van der Waals surface area (Å²) >= 11 is 1.49. The fourth-order valence-corrected chi connectivity index (χ4v) is 2.70. The van der Waals surface area contributed by atoms with E-state index in [1.807, 2.05) is 18.4 Å². The van der Waals surface area contributed by atoms with Crippen molar-refractivity contribution in [3.05, 3.63) is 59.2 Å². The van der Waals surface area contributed by atoms with Gasteiger partial charge in [0, 0.05) is 22.6 Å². The topological polar surface area (TPSA) is 35.2 Å². The van der Waals surface area contributed by atoms with Crippen LogP contribution in [0.15, 0.2) is 41.3 Å². The van der Waals surface area contributed by atoms with Crippen LogP contribution in [0.3, 0.4) is 0 Å². The smallest absolute Gasteiger partial charge is 0.134 e. The van der Waals surface area contributed by atoms with Crippen LogP contribution < -0.4 is 10.5 Å². The first kappa shape index (κ1) is 14.8. The van der Waals surface area contributed by atoms with Crippen molar-refractivity contribution in [3.63, 3.8) is 0 Å². The molecule has 0 radical (unpaired) electrons. The van der Waals surface area contributed by atoms with E-state index >= 15 is 0 Å². The minimum atomic E-state index is -0.857. The Morgan fingerprint density at radius 2 is 1.75 bits per heavy atom. The predicted octanol–water partition coefficient (Wildman–Crippen LogP) is 3.74. The Kier molecular flexibility index (Phi) is 4.62. The van der Waals surface area contributed by atoms with Gasteiger partial charge in [0.25, 0.3) is 0 Å². The Morgan fingerprint density at radius 1 is 1.15 bits per heavy atom. The highest BCUT2D eigenvalue weighted by Crippen LogP contribution is 2.32. The van der Waals surface area contributed by atoms with E-state index in [4.69, 9.17) is 10.5 Å². The van der Waals surface area contributed by atoms with Crippen LogP contribution in [-0.2, 0) is 0 Å². The number of benzene rings is 2. The lowest BCUT2D eigenvalue weighted by atomic mass is 9.98. The second kappa shape index (κ2) is 6.24. The average molecular weight is 295 g/mol. The van der Waals surface area contributed by atoms with Gasteiger partial charge < -0.3 is 10.5 Å². The van der Waals surface area contributed by atoms with Crippen molar-refractivity contribution in [3.8, 4) is 5.75 Å². The highest BCUT2D eigenvalue weighted by Gasteiger charge is 2.21. The molecule has 2 nitrogen and oxygen atoms in total. The lowest BCUT2D eigenvalue weighted by molar-refractivity contribution is 0.404. The summed E-state index contributed by atoms with van der Waals surface area (Å²) in [4.78, 5) is 0.898. The standard InChI is InChI=1S/C15H15F2NOS/c1-19-9-7-11(16)14(12(17)8-9)15(18)10-5-3-4-6-13(10)20-2/h3-8,15H,18H2,1-2H3. The molecule has 0 saturated heterocycles. The lowest BCUT2D eigenvalue weighted by Crippen LogP contribution is -2.16. The quantitative estimate of drug-likeness (QED) is 0.873. The van der Waals surface area contributed by atoms with Crippen molar-refractivity contribution >= 4 is 11.8 Å². The number of ether oxygens (including phenoxy) is 1. The summed E-state index contributed by atoms with van der Waals surface area (Å²) in [6.07, 6.45) is 1.90. The van der Waals surface area contributed by atoms with Crippen molar-refractivity contribution in [2.24, 2.45) is 5.73 Å². The predicted molar refractivity (Wildman–Crippen MR) is 77.2 cm³/mol. The minimum Gasteiger partial charge on any atom is -0.497 e. The van der Waals surface area contributed by atoms with Gasteiger partial charge in [-0.3, -0.25) is 0 Å². The van der Waals surface area contributed by atoms with Crippen molar-refractivity contribution in [1.29, 1.82) is 0 Å². The average Bonchev–Trinajstić information content (AvgIpc) is 2.46. The molecule has 0 bridgehead atoms. The Balaban J connectivity index is 2.51. The maximum Gasteiger partial charge on any atom is 0.134 e. The molecule has 0 spiro atoms. The number of methoxy groups -OCH3 is 1. The first-order valence-corrected chi connectivity index (χ1v) is 7.22. The molecule has 0 saturated carbocycles. The van der Waals surface area contributed by atoms with Crippen molar-refractivity contribution < 1.29 is 13.5 Å². The van der Waals surface area contributed by atoms with Crippen LogP contribution in [0.5, 0.6) is 5.75 Å². The molecule has 2 rings (SSSR count). The van der Waals surface area contributed by atoms with Gasteiger partial charge in [-0.25, -0.2) is 8.78 Å².